The lowest BCUT2D eigenvalue weighted by molar-refractivity contribution is -0.121. The second kappa shape index (κ2) is 4.34. The summed E-state index contributed by atoms with van der Waals surface area (Å²) in [6.45, 7) is 2.74. The molecule has 1 aromatic heterocycles. The van der Waals surface area contributed by atoms with E-state index < -0.39 is 0 Å². The molecule has 4 heteroatoms. The van der Waals surface area contributed by atoms with Crippen molar-refractivity contribution in [2.75, 3.05) is 11.4 Å². The van der Waals surface area contributed by atoms with Crippen molar-refractivity contribution < 1.29 is 4.79 Å². The van der Waals surface area contributed by atoms with Gasteiger partial charge in [0, 0.05) is 29.6 Å². The third-order valence-electron chi connectivity index (χ3n) is 5.91. The molecule has 4 atom stereocenters. The topological polar surface area (TPSA) is 53.2 Å². The molecule has 0 radical (unpaired) electrons. The average molecular weight is 306 g/mol. The summed E-state index contributed by atoms with van der Waals surface area (Å²) in [6, 6.07) is 7.56. The number of rotatable bonds is 1. The molecule has 1 aliphatic heterocycles. The summed E-state index contributed by atoms with van der Waals surface area (Å²) >= 11 is 0. The van der Waals surface area contributed by atoms with Crippen molar-refractivity contribution in [1.82, 2.24) is 4.98 Å². The van der Waals surface area contributed by atoms with E-state index in [0.717, 1.165) is 35.1 Å². The Morgan fingerprint density at radius 3 is 2.78 bits per heavy atom. The second-order valence-electron chi connectivity index (χ2n) is 7.13. The normalized spacial score (nSPS) is 31.3. The highest BCUT2D eigenvalue weighted by atomic mass is 16.2. The maximum atomic E-state index is 12.9. The van der Waals surface area contributed by atoms with Crippen LogP contribution in [0.25, 0.3) is 10.9 Å². The summed E-state index contributed by atoms with van der Waals surface area (Å²) in [5.41, 5.74) is 2.57. The van der Waals surface area contributed by atoms with Gasteiger partial charge in [0.05, 0.1) is 5.52 Å². The van der Waals surface area contributed by atoms with Gasteiger partial charge in [-0.1, -0.05) is 18.2 Å². The molecule has 2 bridgehead atoms. The lowest BCUT2D eigenvalue weighted by atomic mass is 9.86. The number of pyridine rings is 1. The largest absolute Gasteiger partial charge is 0.322 e. The zero-order valence-electron chi connectivity index (χ0n) is 13.0. The molecule has 2 fully saturated rings. The molecule has 0 spiro atoms. The first-order chi connectivity index (χ1) is 11.1. The Labute approximate surface area is 133 Å². The maximum Gasteiger partial charge on any atom is 0.248 e. The summed E-state index contributed by atoms with van der Waals surface area (Å²) in [5, 5.41) is 1.03. The lowest BCUT2D eigenvalue weighted by Gasteiger charge is -2.19. The Bertz CT molecular complexity index is 927. The van der Waals surface area contributed by atoms with E-state index in [9.17, 15) is 9.59 Å². The van der Waals surface area contributed by atoms with Crippen LogP contribution >= 0.6 is 0 Å². The van der Waals surface area contributed by atoms with E-state index in [2.05, 4.69) is 17.1 Å². The van der Waals surface area contributed by atoms with Crippen molar-refractivity contribution in [3.63, 3.8) is 0 Å². The van der Waals surface area contributed by atoms with Crippen LogP contribution in [0.3, 0.4) is 0 Å². The van der Waals surface area contributed by atoms with E-state index in [-0.39, 0.29) is 17.4 Å². The number of aryl methyl sites for hydroxylation is 1. The third kappa shape index (κ3) is 1.72. The molecule has 1 saturated heterocycles. The van der Waals surface area contributed by atoms with Gasteiger partial charge in [0.1, 0.15) is 0 Å². The van der Waals surface area contributed by atoms with Crippen LogP contribution in [-0.2, 0) is 4.79 Å². The van der Waals surface area contributed by atoms with Gasteiger partial charge in [0.2, 0.25) is 11.5 Å². The van der Waals surface area contributed by atoms with E-state index >= 15 is 0 Å². The van der Waals surface area contributed by atoms with Gasteiger partial charge >= 0.3 is 0 Å². The monoisotopic (exact) mass is 306 g/mol. The highest BCUT2D eigenvalue weighted by Crippen LogP contribution is 2.52. The molecule has 2 aliphatic carbocycles. The number of amides is 1. The Hall–Kier alpha value is -2.36. The van der Waals surface area contributed by atoms with Crippen LogP contribution < -0.4 is 10.5 Å². The van der Waals surface area contributed by atoms with Crippen LogP contribution in [0.4, 0.5) is 5.69 Å². The molecule has 1 N–H and O–H groups in total. The molecule has 1 saturated carbocycles. The van der Waals surface area contributed by atoms with Crippen molar-refractivity contribution in [1.29, 1.82) is 0 Å². The predicted molar refractivity (Wildman–Crippen MR) is 89.4 cm³/mol. The van der Waals surface area contributed by atoms with Gasteiger partial charge in [-0.25, -0.2) is 0 Å². The van der Waals surface area contributed by atoms with E-state index in [0.29, 0.717) is 17.8 Å². The summed E-state index contributed by atoms with van der Waals surface area (Å²) in [7, 11) is 0. The van der Waals surface area contributed by atoms with E-state index in [4.69, 9.17) is 0 Å². The number of H-pyrrole nitrogens is 1. The molecular weight excluding hydrogens is 288 g/mol. The minimum absolute atomic E-state index is 0.0981. The number of aromatic amines is 1. The smallest absolute Gasteiger partial charge is 0.248 e. The van der Waals surface area contributed by atoms with E-state index in [1.807, 2.05) is 30.0 Å². The van der Waals surface area contributed by atoms with Gasteiger partial charge in [-0.3, -0.25) is 9.59 Å². The fraction of sp³-hybridized carbons (Fsp3) is 0.368. The summed E-state index contributed by atoms with van der Waals surface area (Å²) in [6.07, 6.45) is 5.68. The van der Waals surface area contributed by atoms with Crippen LogP contribution in [-0.4, -0.2) is 17.4 Å². The lowest BCUT2D eigenvalue weighted by Crippen LogP contribution is -2.29. The highest BCUT2D eigenvalue weighted by molar-refractivity contribution is 6.00. The van der Waals surface area contributed by atoms with Crippen molar-refractivity contribution >= 4 is 22.5 Å². The number of benzene rings is 1. The molecule has 116 valence electrons. The van der Waals surface area contributed by atoms with Gasteiger partial charge in [-0.15, -0.1) is 0 Å². The van der Waals surface area contributed by atoms with E-state index in [1.165, 1.54) is 0 Å². The number of aromatic nitrogens is 1. The van der Waals surface area contributed by atoms with Crippen LogP contribution in [0.1, 0.15) is 12.0 Å². The Balaban J connectivity index is 1.57. The number of nitrogens with one attached hydrogen (secondary N) is 1. The number of nitrogens with zero attached hydrogens (tertiary/aromatic N) is 1. The molecule has 5 rings (SSSR count). The molecule has 23 heavy (non-hydrogen) atoms. The number of carbonyl (C=O) groups excluding carboxylic acids is 1. The first-order valence-corrected chi connectivity index (χ1v) is 8.25. The number of fused-ring (bicyclic) bond motifs is 6. The number of carbonyl (C=O) groups is 1. The molecular formula is C19H18N2O2. The third-order valence-corrected chi connectivity index (χ3v) is 5.91. The van der Waals surface area contributed by atoms with Crippen molar-refractivity contribution in [3.8, 4) is 0 Å². The van der Waals surface area contributed by atoms with Crippen LogP contribution in [0.5, 0.6) is 0 Å². The first-order valence-electron chi connectivity index (χ1n) is 8.25. The van der Waals surface area contributed by atoms with Gasteiger partial charge in [-0.05, 0) is 48.8 Å². The minimum atomic E-state index is -0.0981. The molecule has 1 amide bonds. The van der Waals surface area contributed by atoms with Crippen molar-refractivity contribution in [2.24, 2.45) is 23.7 Å². The fourth-order valence-electron chi connectivity index (χ4n) is 4.84. The van der Waals surface area contributed by atoms with Crippen molar-refractivity contribution in [3.05, 3.63) is 52.3 Å². The zero-order chi connectivity index (χ0) is 15.7. The Kier molecular flexibility index (Phi) is 2.48. The SMILES string of the molecule is Cc1cc(=O)[nH]c2cc(N3C[C@@H]4C5C=CC(C5)[C@@H]4C3=O)ccc12. The fourth-order valence-corrected chi connectivity index (χ4v) is 4.84. The zero-order valence-corrected chi connectivity index (χ0v) is 13.0. The molecule has 1 aromatic carbocycles. The highest BCUT2D eigenvalue weighted by Gasteiger charge is 2.54. The van der Waals surface area contributed by atoms with Crippen LogP contribution in [0.2, 0.25) is 0 Å². The summed E-state index contributed by atoms with van der Waals surface area (Å²) in [5.74, 6) is 1.88. The van der Waals surface area contributed by atoms with Crippen LogP contribution in [0, 0.1) is 30.6 Å². The Morgan fingerprint density at radius 2 is 1.96 bits per heavy atom. The van der Waals surface area contributed by atoms with Gasteiger partial charge in [0.25, 0.3) is 0 Å². The maximum absolute atomic E-state index is 12.9. The molecule has 2 heterocycles. The van der Waals surface area contributed by atoms with Crippen molar-refractivity contribution in [2.45, 2.75) is 13.3 Å². The predicted octanol–water partition coefficient (Wildman–Crippen LogP) is 2.62. The molecule has 2 aromatic rings. The number of anilines is 1. The summed E-state index contributed by atoms with van der Waals surface area (Å²) < 4.78 is 0. The van der Waals surface area contributed by atoms with Gasteiger partial charge in [-0.2, -0.15) is 0 Å². The van der Waals surface area contributed by atoms with Gasteiger partial charge in [0.15, 0.2) is 0 Å². The Morgan fingerprint density at radius 1 is 1.13 bits per heavy atom. The first kappa shape index (κ1) is 13.1. The molecule has 4 nitrogen and oxygen atoms in total. The standard InChI is InChI=1S/C19H18N2O2/c1-10-6-17(22)20-16-8-13(4-5-14(10)16)21-9-15-11-2-3-12(7-11)18(15)19(21)23/h2-6,8,11-12,15,18H,7,9H2,1H3,(H,20,22)/t11?,12?,15-,18+/m1/s1. The summed E-state index contributed by atoms with van der Waals surface area (Å²) in [4.78, 5) is 29.4. The molecule has 3 aliphatic rings. The minimum Gasteiger partial charge on any atom is -0.322 e. The number of allylic oxidation sites excluding steroid dienone is 2. The quantitative estimate of drug-likeness (QED) is 0.823. The van der Waals surface area contributed by atoms with Crippen LogP contribution in [0.15, 0.2) is 41.2 Å². The second-order valence-corrected chi connectivity index (χ2v) is 7.13. The van der Waals surface area contributed by atoms with Gasteiger partial charge < -0.3 is 9.88 Å². The number of hydrogen-bond acceptors (Lipinski definition) is 2. The average Bonchev–Trinajstić information content (AvgIpc) is 3.19. The molecule has 2 unspecified atom stereocenters. The number of hydrogen-bond donors (Lipinski definition) is 1. The van der Waals surface area contributed by atoms with E-state index in [1.54, 1.807) is 6.07 Å².